The van der Waals surface area contributed by atoms with Crippen molar-refractivity contribution in [2.75, 3.05) is 6.54 Å². The summed E-state index contributed by atoms with van der Waals surface area (Å²) in [6, 6.07) is 8.30. The first-order valence-corrected chi connectivity index (χ1v) is 7.55. The Bertz CT molecular complexity index is 505. The summed E-state index contributed by atoms with van der Waals surface area (Å²) in [6.07, 6.45) is 0. The van der Waals surface area contributed by atoms with Crippen LogP contribution in [0.2, 0.25) is 0 Å². The van der Waals surface area contributed by atoms with Gasteiger partial charge in [-0.2, -0.15) is 4.91 Å². The van der Waals surface area contributed by atoms with Crippen molar-refractivity contribution in [2.45, 2.75) is 52.7 Å². The van der Waals surface area contributed by atoms with E-state index < -0.39 is 0 Å². The molecule has 6 heteroatoms. The summed E-state index contributed by atoms with van der Waals surface area (Å²) in [5.41, 5.74) is 1.81. The molecule has 0 saturated carbocycles. The van der Waals surface area contributed by atoms with Crippen LogP contribution in [0.4, 0.5) is 0 Å². The second kappa shape index (κ2) is 9.41. The summed E-state index contributed by atoms with van der Waals surface area (Å²) in [6.45, 7) is 15.4. The molecule has 0 bridgehead atoms. The van der Waals surface area contributed by atoms with E-state index in [9.17, 15) is 0 Å². The Morgan fingerprint density at radius 3 is 1.83 bits per heavy atom. The third-order valence-electron chi connectivity index (χ3n) is 3.73. The first kappa shape index (κ1) is 21.3. The molecule has 2 rings (SSSR count). The lowest BCUT2D eigenvalue weighted by molar-refractivity contribution is 0.00578. The van der Waals surface area contributed by atoms with Crippen LogP contribution in [-0.2, 0) is 9.31 Å². The standard InChI is InChI=1S/C13H19BO2.C2H5NO.C2H3N/c1-10-6-8-11(9-7-10)14-15-12(2,3)13(4,5)16-14;1-2-3-4;1-2-3/h6-9H,1-5H3;2H2,1H3;3H,1H2. The first-order valence-electron chi connectivity index (χ1n) is 7.55. The van der Waals surface area contributed by atoms with Crippen molar-refractivity contribution in [3.8, 4) is 0 Å². The van der Waals surface area contributed by atoms with E-state index in [1.54, 1.807) is 12.8 Å². The fourth-order valence-electron chi connectivity index (χ4n) is 1.70. The van der Waals surface area contributed by atoms with E-state index in [4.69, 9.17) is 19.6 Å². The molecule has 1 fully saturated rings. The third kappa shape index (κ3) is 6.49. The SMILES string of the molecule is C=C=N.CCN=O.Cc1ccc(B2OC(C)(C)C(C)(C)O2)cc1. The van der Waals surface area contributed by atoms with Gasteiger partial charge in [-0.25, -0.2) is 0 Å². The maximum atomic E-state index is 8.92. The number of nitrogens with zero attached hydrogens (tertiary/aromatic N) is 1. The van der Waals surface area contributed by atoms with Gasteiger partial charge >= 0.3 is 7.12 Å². The van der Waals surface area contributed by atoms with E-state index in [1.807, 2.05) is 0 Å². The molecule has 0 amide bonds. The normalized spacial score (nSPS) is 17.0. The monoisotopic (exact) mass is 318 g/mol. The fourth-order valence-corrected chi connectivity index (χ4v) is 1.70. The molecule has 0 atom stereocenters. The van der Waals surface area contributed by atoms with Crippen molar-refractivity contribution in [3.05, 3.63) is 41.3 Å². The van der Waals surface area contributed by atoms with Gasteiger partial charge in [0, 0.05) is 0 Å². The van der Waals surface area contributed by atoms with Gasteiger partial charge in [-0.3, -0.25) is 5.41 Å². The van der Waals surface area contributed by atoms with Crippen molar-refractivity contribution in [1.29, 1.82) is 5.41 Å². The predicted octanol–water partition coefficient (Wildman–Crippen LogP) is 3.49. The van der Waals surface area contributed by atoms with Crippen LogP contribution in [-0.4, -0.2) is 30.7 Å². The Labute approximate surface area is 139 Å². The van der Waals surface area contributed by atoms with Gasteiger partial charge in [0.15, 0.2) is 0 Å². The van der Waals surface area contributed by atoms with E-state index in [0.29, 0.717) is 6.54 Å². The van der Waals surface area contributed by atoms with Crippen LogP contribution in [0.15, 0.2) is 36.0 Å². The van der Waals surface area contributed by atoms with Crippen LogP contribution in [0.5, 0.6) is 0 Å². The number of hydrogen-bond donors (Lipinski definition) is 1. The van der Waals surface area contributed by atoms with E-state index in [2.05, 4.69) is 70.6 Å². The average molecular weight is 318 g/mol. The molecular weight excluding hydrogens is 291 g/mol. The van der Waals surface area contributed by atoms with Crippen LogP contribution in [0, 0.1) is 17.2 Å². The molecular formula is C17H27BN2O3. The van der Waals surface area contributed by atoms with E-state index in [0.717, 1.165) is 5.46 Å². The van der Waals surface area contributed by atoms with Crippen molar-refractivity contribution in [3.63, 3.8) is 0 Å². The van der Waals surface area contributed by atoms with Gasteiger partial charge in [-0.05, 0) is 59.5 Å². The van der Waals surface area contributed by atoms with Crippen molar-refractivity contribution < 1.29 is 9.31 Å². The molecule has 1 heterocycles. The lowest BCUT2D eigenvalue weighted by Gasteiger charge is -2.32. The Morgan fingerprint density at radius 2 is 1.52 bits per heavy atom. The van der Waals surface area contributed by atoms with Gasteiger partial charge in [-0.15, -0.1) is 0 Å². The maximum absolute atomic E-state index is 8.92. The molecule has 1 aliphatic heterocycles. The summed E-state index contributed by atoms with van der Waals surface area (Å²) in [5, 5.41) is 8.33. The van der Waals surface area contributed by atoms with Crippen LogP contribution >= 0.6 is 0 Å². The maximum Gasteiger partial charge on any atom is 0.494 e. The van der Waals surface area contributed by atoms with Crippen molar-refractivity contribution >= 4 is 18.5 Å². The topological polar surface area (TPSA) is 71.7 Å². The summed E-state index contributed by atoms with van der Waals surface area (Å²) in [5.74, 6) is 1.75. The Balaban J connectivity index is 0.000000591. The zero-order valence-electron chi connectivity index (χ0n) is 15.0. The summed E-state index contributed by atoms with van der Waals surface area (Å²) < 4.78 is 11.9. The molecule has 1 aromatic carbocycles. The fraction of sp³-hybridized carbons (Fsp3) is 0.529. The lowest BCUT2D eigenvalue weighted by atomic mass is 9.79. The smallest absolute Gasteiger partial charge is 0.399 e. The van der Waals surface area contributed by atoms with Gasteiger partial charge in [0.25, 0.3) is 0 Å². The number of hydrogen-bond acceptors (Lipinski definition) is 5. The molecule has 23 heavy (non-hydrogen) atoms. The highest BCUT2D eigenvalue weighted by Gasteiger charge is 2.51. The quantitative estimate of drug-likeness (QED) is 0.515. The number of benzene rings is 1. The number of nitroso groups, excluding NO2 is 1. The van der Waals surface area contributed by atoms with Gasteiger partial charge in [0.2, 0.25) is 0 Å². The predicted molar refractivity (Wildman–Crippen MR) is 96.6 cm³/mol. The molecule has 1 aromatic rings. The third-order valence-corrected chi connectivity index (χ3v) is 3.73. The zero-order chi connectivity index (χ0) is 18.1. The van der Waals surface area contributed by atoms with Crippen LogP contribution in [0.25, 0.3) is 0 Å². The molecule has 1 saturated heterocycles. The molecule has 0 unspecified atom stereocenters. The molecule has 0 aromatic heterocycles. The highest BCUT2D eigenvalue weighted by atomic mass is 16.7. The average Bonchev–Trinajstić information content (AvgIpc) is 2.69. The van der Waals surface area contributed by atoms with Crippen molar-refractivity contribution in [2.24, 2.45) is 5.18 Å². The van der Waals surface area contributed by atoms with Crippen LogP contribution < -0.4 is 5.46 Å². The summed E-state index contributed by atoms with van der Waals surface area (Å²) >= 11 is 0. The Hall–Kier alpha value is -1.75. The number of aryl methyl sites for hydroxylation is 1. The molecule has 5 nitrogen and oxygen atoms in total. The highest BCUT2D eigenvalue weighted by molar-refractivity contribution is 6.62. The second-order valence-electron chi connectivity index (χ2n) is 6.12. The Kier molecular flexibility index (Phi) is 8.69. The number of rotatable bonds is 2. The van der Waals surface area contributed by atoms with Crippen LogP contribution in [0.1, 0.15) is 40.2 Å². The largest absolute Gasteiger partial charge is 0.494 e. The highest BCUT2D eigenvalue weighted by Crippen LogP contribution is 2.36. The summed E-state index contributed by atoms with van der Waals surface area (Å²) in [7, 11) is -0.245. The second-order valence-corrected chi connectivity index (χ2v) is 6.12. The molecule has 0 spiro atoms. The Morgan fingerprint density at radius 1 is 1.17 bits per heavy atom. The van der Waals surface area contributed by atoms with E-state index in [1.165, 1.54) is 5.56 Å². The first-order chi connectivity index (χ1) is 10.6. The molecule has 0 radical (unpaired) electrons. The molecule has 0 aliphatic carbocycles. The van der Waals surface area contributed by atoms with Gasteiger partial charge in [0.05, 0.1) is 17.7 Å². The minimum atomic E-state index is -0.261. The summed E-state index contributed by atoms with van der Waals surface area (Å²) in [4.78, 5) is 8.92. The minimum absolute atomic E-state index is 0.245. The minimum Gasteiger partial charge on any atom is -0.399 e. The van der Waals surface area contributed by atoms with Crippen LogP contribution in [0.3, 0.4) is 0 Å². The van der Waals surface area contributed by atoms with Crippen molar-refractivity contribution in [1.82, 2.24) is 0 Å². The van der Waals surface area contributed by atoms with Gasteiger partial charge in [0.1, 0.15) is 0 Å². The van der Waals surface area contributed by atoms with Gasteiger partial charge in [-0.1, -0.05) is 35.0 Å². The number of nitrogens with one attached hydrogen (secondary N) is 1. The molecule has 1 N–H and O–H groups in total. The van der Waals surface area contributed by atoms with E-state index >= 15 is 0 Å². The van der Waals surface area contributed by atoms with E-state index in [-0.39, 0.29) is 18.3 Å². The molecule has 126 valence electrons. The lowest BCUT2D eigenvalue weighted by Crippen LogP contribution is -2.41. The molecule has 1 aliphatic rings. The van der Waals surface area contributed by atoms with Gasteiger partial charge < -0.3 is 9.31 Å². The zero-order valence-corrected chi connectivity index (χ0v) is 15.0.